The molecule has 0 bridgehead atoms. The Bertz CT molecular complexity index is 3770. The van der Waals surface area contributed by atoms with Gasteiger partial charge < -0.3 is 18.1 Å². The molecule has 0 atom stereocenters. The number of nitrogens with zero attached hydrogens (tertiary/aromatic N) is 3. The molecule has 4 aromatic heterocycles. The van der Waals surface area contributed by atoms with Gasteiger partial charge in [-0.3, -0.25) is 0 Å². The minimum absolute atomic E-state index is 0.903. The van der Waals surface area contributed by atoms with E-state index in [1.54, 1.807) is 0 Å². The van der Waals surface area contributed by atoms with E-state index in [0.29, 0.717) is 0 Å². The number of hydrogen-bond donors (Lipinski definition) is 0. The SMILES string of the molecule is c1ccc(-n2c3ccccc3c3cc4c5cc(-c6ccc7c(c6)c6ccc8c9ccccc9oc8c6n7-c6ccccc6)ccc5n(-c5ccccc5)c4cc32)cc1. The lowest BCUT2D eigenvalue weighted by molar-refractivity contribution is 0.671. The molecule has 270 valence electrons. The molecule has 13 rings (SSSR count). The van der Waals surface area contributed by atoms with Crippen LogP contribution in [-0.4, -0.2) is 13.7 Å². The minimum atomic E-state index is 0.903. The fraction of sp³-hybridized carbons (Fsp3) is 0. The van der Waals surface area contributed by atoms with Crippen molar-refractivity contribution < 1.29 is 4.42 Å². The number of rotatable bonds is 4. The Morgan fingerprint density at radius 3 is 1.40 bits per heavy atom. The highest BCUT2D eigenvalue weighted by Gasteiger charge is 2.22. The normalized spacial score (nSPS) is 12.1. The highest BCUT2D eigenvalue weighted by atomic mass is 16.3. The van der Waals surface area contributed by atoms with Gasteiger partial charge in [0.05, 0.1) is 33.1 Å². The molecule has 4 heterocycles. The number of benzene rings is 9. The molecule has 0 saturated carbocycles. The highest BCUT2D eigenvalue weighted by molar-refractivity contribution is 6.23. The molecule has 0 saturated heterocycles. The smallest absolute Gasteiger partial charge is 0.160 e. The van der Waals surface area contributed by atoms with Crippen LogP contribution in [0.15, 0.2) is 205 Å². The lowest BCUT2D eigenvalue weighted by Crippen LogP contribution is -1.95. The molecule has 0 amide bonds. The molecule has 4 nitrogen and oxygen atoms in total. The summed E-state index contributed by atoms with van der Waals surface area (Å²) in [6.45, 7) is 0. The van der Waals surface area contributed by atoms with Crippen LogP contribution in [0.3, 0.4) is 0 Å². The zero-order chi connectivity index (χ0) is 37.9. The van der Waals surface area contributed by atoms with Gasteiger partial charge in [0.1, 0.15) is 5.58 Å². The quantitative estimate of drug-likeness (QED) is 0.177. The lowest BCUT2D eigenvalue weighted by Gasteiger charge is -2.10. The Hall–Kier alpha value is -7.82. The second-order valence-corrected chi connectivity index (χ2v) is 15.3. The maximum atomic E-state index is 6.66. The Kier molecular flexibility index (Phi) is 6.41. The third kappa shape index (κ3) is 4.34. The van der Waals surface area contributed by atoms with E-state index in [1.165, 1.54) is 65.5 Å². The van der Waals surface area contributed by atoms with E-state index in [1.807, 2.05) is 6.07 Å². The first kappa shape index (κ1) is 31.4. The Balaban J connectivity index is 1.08. The van der Waals surface area contributed by atoms with Gasteiger partial charge in [0.25, 0.3) is 0 Å². The Morgan fingerprint density at radius 1 is 0.276 bits per heavy atom. The van der Waals surface area contributed by atoms with E-state index >= 15 is 0 Å². The van der Waals surface area contributed by atoms with E-state index in [-0.39, 0.29) is 0 Å². The topological polar surface area (TPSA) is 27.9 Å². The molecule has 0 aliphatic heterocycles. The summed E-state index contributed by atoms with van der Waals surface area (Å²) in [5, 5.41) is 9.59. The van der Waals surface area contributed by atoms with Crippen molar-refractivity contribution in [2.45, 2.75) is 0 Å². The summed E-state index contributed by atoms with van der Waals surface area (Å²) in [6, 6.07) is 72.5. The monoisotopic (exact) mass is 739 g/mol. The van der Waals surface area contributed by atoms with Crippen molar-refractivity contribution in [3.05, 3.63) is 200 Å². The summed E-state index contributed by atoms with van der Waals surface area (Å²) < 4.78 is 13.9. The summed E-state index contributed by atoms with van der Waals surface area (Å²) in [5.74, 6) is 0. The standard InChI is InChI=1S/C54H33N3O/c1-4-14-36(15-5-1)55-47-22-12-10-20-39(47)45-32-46-44-31-35(24-28-48(44)56(51(46)33-50(45)55)37-16-6-2-7-17-37)34-25-29-49-43(30-34)41-26-27-42-40-21-11-13-23-52(40)58-54(42)53(41)57(49)38-18-8-3-9-19-38/h1-33H. The number of para-hydroxylation sites is 5. The van der Waals surface area contributed by atoms with Gasteiger partial charge in [-0.15, -0.1) is 0 Å². The van der Waals surface area contributed by atoms with Gasteiger partial charge in [-0.2, -0.15) is 0 Å². The van der Waals surface area contributed by atoms with Crippen molar-refractivity contribution in [1.29, 1.82) is 0 Å². The van der Waals surface area contributed by atoms with Crippen molar-refractivity contribution in [3.63, 3.8) is 0 Å². The number of fused-ring (bicyclic) bond motifs is 13. The van der Waals surface area contributed by atoms with Gasteiger partial charge in [0, 0.05) is 60.2 Å². The molecule has 4 heteroatoms. The summed E-state index contributed by atoms with van der Waals surface area (Å²) in [4.78, 5) is 0. The third-order valence-corrected chi connectivity index (χ3v) is 12.2. The molecule has 0 N–H and O–H groups in total. The van der Waals surface area contributed by atoms with Crippen molar-refractivity contribution >= 4 is 87.4 Å². The molecule has 0 radical (unpaired) electrons. The van der Waals surface area contributed by atoms with Gasteiger partial charge >= 0.3 is 0 Å². The summed E-state index contributed by atoms with van der Waals surface area (Å²) in [5.41, 5.74) is 14.6. The van der Waals surface area contributed by atoms with E-state index in [2.05, 4.69) is 208 Å². The Morgan fingerprint density at radius 2 is 0.741 bits per heavy atom. The van der Waals surface area contributed by atoms with Crippen LogP contribution in [0.1, 0.15) is 0 Å². The van der Waals surface area contributed by atoms with Gasteiger partial charge in [-0.25, -0.2) is 0 Å². The third-order valence-electron chi connectivity index (χ3n) is 12.2. The van der Waals surface area contributed by atoms with Crippen LogP contribution in [-0.2, 0) is 0 Å². The van der Waals surface area contributed by atoms with Gasteiger partial charge in [-0.1, -0.05) is 109 Å². The minimum Gasteiger partial charge on any atom is -0.454 e. The maximum absolute atomic E-state index is 6.66. The predicted molar refractivity (Wildman–Crippen MR) is 242 cm³/mol. The van der Waals surface area contributed by atoms with Crippen molar-refractivity contribution in [2.75, 3.05) is 0 Å². The van der Waals surface area contributed by atoms with Gasteiger partial charge in [0.2, 0.25) is 0 Å². The van der Waals surface area contributed by atoms with Crippen LogP contribution < -0.4 is 0 Å². The molecular formula is C54H33N3O. The van der Waals surface area contributed by atoms with Crippen molar-refractivity contribution in [2.24, 2.45) is 0 Å². The van der Waals surface area contributed by atoms with Crippen LogP contribution in [0.2, 0.25) is 0 Å². The number of furan rings is 1. The molecular weight excluding hydrogens is 707 g/mol. The van der Waals surface area contributed by atoms with E-state index < -0.39 is 0 Å². The van der Waals surface area contributed by atoms with E-state index in [4.69, 9.17) is 4.42 Å². The van der Waals surface area contributed by atoms with E-state index in [0.717, 1.165) is 50.0 Å². The van der Waals surface area contributed by atoms with Gasteiger partial charge in [-0.05, 0) is 102 Å². The molecule has 0 aliphatic rings. The average Bonchev–Trinajstić information content (AvgIpc) is 4.02. The van der Waals surface area contributed by atoms with Gasteiger partial charge in [0.15, 0.2) is 5.58 Å². The fourth-order valence-electron chi connectivity index (χ4n) is 9.68. The highest BCUT2D eigenvalue weighted by Crippen LogP contribution is 2.44. The van der Waals surface area contributed by atoms with Crippen LogP contribution in [0.5, 0.6) is 0 Å². The zero-order valence-electron chi connectivity index (χ0n) is 31.3. The van der Waals surface area contributed by atoms with Crippen molar-refractivity contribution in [1.82, 2.24) is 13.7 Å². The zero-order valence-corrected chi connectivity index (χ0v) is 31.3. The second kappa shape index (κ2) is 11.8. The van der Waals surface area contributed by atoms with E-state index in [9.17, 15) is 0 Å². The lowest BCUT2D eigenvalue weighted by atomic mass is 10.00. The van der Waals surface area contributed by atoms with Crippen molar-refractivity contribution in [3.8, 4) is 28.2 Å². The number of hydrogen-bond acceptors (Lipinski definition) is 1. The molecule has 58 heavy (non-hydrogen) atoms. The molecule has 0 spiro atoms. The summed E-state index contributed by atoms with van der Waals surface area (Å²) >= 11 is 0. The maximum Gasteiger partial charge on any atom is 0.160 e. The first-order chi connectivity index (χ1) is 28.8. The predicted octanol–water partition coefficient (Wildman–Crippen LogP) is 14.5. The van der Waals surface area contributed by atoms with Crippen LogP contribution in [0, 0.1) is 0 Å². The van der Waals surface area contributed by atoms with Crippen LogP contribution >= 0.6 is 0 Å². The molecule has 0 aliphatic carbocycles. The second-order valence-electron chi connectivity index (χ2n) is 15.3. The number of aromatic nitrogens is 3. The summed E-state index contributed by atoms with van der Waals surface area (Å²) in [6.07, 6.45) is 0. The molecule has 0 unspecified atom stereocenters. The molecule has 13 aromatic rings. The van der Waals surface area contributed by atoms with Crippen LogP contribution in [0.4, 0.5) is 0 Å². The largest absolute Gasteiger partial charge is 0.454 e. The first-order valence-electron chi connectivity index (χ1n) is 19.8. The Labute approximate surface area is 332 Å². The molecule has 0 fully saturated rings. The first-order valence-corrected chi connectivity index (χ1v) is 19.8. The summed E-state index contributed by atoms with van der Waals surface area (Å²) in [7, 11) is 0. The van der Waals surface area contributed by atoms with Crippen LogP contribution in [0.25, 0.3) is 116 Å². The molecule has 9 aromatic carbocycles. The fourth-order valence-corrected chi connectivity index (χ4v) is 9.68. The average molecular weight is 740 g/mol.